The molecule has 0 spiro atoms. The molecule has 0 radical (unpaired) electrons. The lowest BCUT2D eigenvalue weighted by molar-refractivity contribution is -0.0960. The van der Waals surface area contributed by atoms with Crippen molar-refractivity contribution in [3.05, 3.63) is 41.5 Å². The number of anilines is 1. The Bertz CT molecular complexity index is 452. The molecule has 0 aliphatic carbocycles. The number of nitrogens with zero attached hydrogens (tertiary/aromatic N) is 1. The summed E-state index contributed by atoms with van der Waals surface area (Å²) in [6, 6.07) is 7.43. The summed E-state index contributed by atoms with van der Waals surface area (Å²) in [5, 5.41) is 0. The van der Waals surface area contributed by atoms with E-state index in [4.69, 9.17) is 5.73 Å². The molecule has 0 atom stereocenters. The molecule has 2 N–H and O–H groups in total. The maximum absolute atomic E-state index is 12.4. The average Bonchev–Trinajstić information content (AvgIpc) is 2.28. The molecule has 1 aromatic rings. The number of nitrogens with two attached hydrogens (primary N) is 1. The third-order valence-corrected chi connectivity index (χ3v) is 3.01. The Hall–Kier alpha value is -1.49. The van der Waals surface area contributed by atoms with Crippen molar-refractivity contribution in [3.8, 4) is 0 Å². The number of alkyl halides is 3. The van der Waals surface area contributed by atoms with E-state index in [9.17, 15) is 13.2 Å². The highest BCUT2D eigenvalue weighted by molar-refractivity contribution is 5.40. The molecule has 0 unspecified atom stereocenters. The zero-order chi connectivity index (χ0) is 13.2. The first kappa shape index (κ1) is 13.0. The van der Waals surface area contributed by atoms with E-state index in [0.717, 1.165) is 5.56 Å². The van der Waals surface area contributed by atoms with Gasteiger partial charge in [-0.1, -0.05) is 18.2 Å². The molecule has 2 nitrogen and oxygen atoms in total. The van der Waals surface area contributed by atoms with Crippen molar-refractivity contribution in [3.63, 3.8) is 0 Å². The van der Waals surface area contributed by atoms with Gasteiger partial charge in [0.05, 0.1) is 0 Å². The highest BCUT2D eigenvalue weighted by Crippen LogP contribution is 2.30. The molecular weight excluding hydrogens is 241 g/mol. The van der Waals surface area contributed by atoms with Gasteiger partial charge in [-0.3, -0.25) is 4.90 Å². The Balaban J connectivity index is 1.97. The predicted octanol–water partition coefficient (Wildman–Crippen LogP) is 2.96. The average molecular weight is 256 g/mol. The summed E-state index contributed by atoms with van der Waals surface area (Å²) in [5.74, 6) is 0. The maximum Gasteiger partial charge on any atom is 0.412 e. The second-order valence-corrected chi connectivity index (χ2v) is 4.46. The highest BCUT2D eigenvalue weighted by Gasteiger charge is 2.34. The first-order valence-corrected chi connectivity index (χ1v) is 5.78. The molecule has 0 bridgehead atoms. The van der Waals surface area contributed by atoms with Gasteiger partial charge in [0, 0.05) is 30.9 Å². The van der Waals surface area contributed by atoms with Crippen LogP contribution in [0, 0.1) is 0 Å². The Labute approximate surface area is 104 Å². The molecule has 1 heterocycles. The number of halogens is 3. The molecule has 2 rings (SSSR count). The Morgan fingerprint density at radius 3 is 2.61 bits per heavy atom. The fraction of sp³-hybridized carbons (Fsp3) is 0.385. The van der Waals surface area contributed by atoms with Crippen LogP contribution in [0.1, 0.15) is 12.0 Å². The van der Waals surface area contributed by atoms with Gasteiger partial charge in [0.15, 0.2) is 0 Å². The molecule has 1 aromatic carbocycles. The van der Waals surface area contributed by atoms with Gasteiger partial charge >= 0.3 is 6.18 Å². The van der Waals surface area contributed by atoms with E-state index in [1.807, 2.05) is 23.1 Å². The summed E-state index contributed by atoms with van der Waals surface area (Å²) < 4.78 is 37.3. The Kier molecular flexibility index (Phi) is 3.61. The van der Waals surface area contributed by atoms with E-state index in [2.05, 4.69) is 0 Å². The molecule has 18 heavy (non-hydrogen) atoms. The maximum atomic E-state index is 12.4. The molecule has 0 saturated carbocycles. The standard InChI is InChI=1S/C13H15F3N2/c14-13(15,16)11-4-6-18(7-5-11)9-10-2-1-3-12(17)8-10/h1-4,8H,5-7,9,17H2. The van der Waals surface area contributed by atoms with Gasteiger partial charge in [-0.05, 0) is 24.1 Å². The molecule has 1 aliphatic heterocycles. The lowest BCUT2D eigenvalue weighted by Gasteiger charge is -2.27. The molecule has 0 amide bonds. The zero-order valence-corrected chi connectivity index (χ0v) is 9.87. The van der Waals surface area contributed by atoms with Crippen molar-refractivity contribution in [1.29, 1.82) is 0 Å². The number of hydrogen-bond donors (Lipinski definition) is 1. The zero-order valence-electron chi connectivity index (χ0n) is 9.87. The first-order chi connectivity index (χ1) is 8.45. The van der Waals surface area contributed by atoms with Gasteiger partial charge in [0.25, 0.3) is 0 Å². The van der Waals surface area contributed by atoms with E-state index in [-0.39, 0.29) is 6.42 Å². The minimum absolute atomic E-state index is 0.0613. The Morgan fingerprint density at radius 2 is 2.06 bits per heavy atom. The van der Waals surface area contributed by atoms with Crippen molar-refractivity contribution < 1.29 is 13.2 Å². The van der Waals surface area contributed by atoms with Crippen LogP contribution in [0.25, 0.3) is 0 Å². The second kappa shape index (κ2) is 5.02. The van der Waals surface area contributed by atoms with Crippen molar-refractivity contribution >= 4 is 5.69 Å². The summed E-state index contributed by atoms with van der Waals surface area (Å²) >= 11 is 0. The smallest absolute Gasteiger partial charge is 0.399 e. The van der Waals surface area contributed by atoms with Crippen LogP contribution < -0.4 is 5.73 Å². The van der Waals surface area contributed by atoms with Gasteiger partial charge in [-0.2, -0.15) is 13.2 Å². The molecular formula is C13H15F3N2. The second-order valence-electron chi connectivity index (χ2n) is 4.46. The fourth-order valence-corrected chi connectivity index (χ4v) is 2.06. The Morgan fingerprint density at radius 1 is 1.28 bits per heavy atom. The van der Waals surface area contributed by atoms with E-state index >= 15 is 0 Å². The van der Waals surface area contributed by atoms with Crippen LogP contribution in [0.4, 0.5) is 18.9 Å². The van der Waals surface area contributed by atoms with Gasteiger partial charge in [-0.15, -0.1) is 0 Å². The number of hydrogen-bond acceptors (Lipinski definition) is 2. The van der Waals surface area contributed by atoms with Crippen LogP contribution in [-0.2, 0) is 6.54 Å². The number of rotatable bonds is 2. The molecule has 0 fully saturated rings. The molecule has 0 saturated heterocycles. The van der Waals surface area contributed by atoms with Crippen LogP contribution in [0.3, 0.4) is 0 Å². The molecule has 98 valence electrons. The summed E-state index contributed by atoms with van der Waals surface area (Å²) in [7, 11) is 0. The number of benzene rings is 1. The largest absolute Gasteiger partial charge is 0.412 e. The van der Waals surface area contributed by atoms with E-state index < -0.39 is 11.7 Å². The molecule has 0 aromatic heterocycles. The fourth-order valence-electron chi connectivity index (χ4n) is 2.06. The van der Waals surface area contributed by atoms with E-state index in [0.29, 0.717) is 25.3 Å². The van der Waals surface area contributed by atoms with E-state index in [1.54, 1.807) is 6.07 Å². The third-order valence-electron chi connectivity index (χ3n) is 3.01. The summed E-state index contributed by atoms with van der Waals surface area (Å²) in [4.78, 5) is 1.98. The molecule has 1 aliphatic rings. The lowest BCUT2D eigenvalue weighted by Crippen LogP contribution is -2.31. The van der Waals surface area contributed by atoms with Crippen molar-refractivity contribution in [2.24, 2.45) is 0 Å². The third kappa shape index (κ3) is 3.26. The summed E-state index contributed by atoms with van der Waals surface area (Å²) in [6.07, 6.45) is -2.84. The van der Waals surface area contributed by atoms with Crippen molar-refractivity contribution in [2.75, 3.05) is 18.8 Å². The monoisotopic (exact) mass is 256 g/mol. The topological polar surface area (TPSA) is 29.3 Å². The predicted molar refractivity (Wildman–Crippen MR) is 64.9 cm³/mol. The van der Waals surface area contributed by atoms with Crippen LogP contribution in [-0.4, -0.2) is 24.2 Å². The van der Waals surface area contributed by atoms with Crippen LogP contribution >= 0.6 is 0 Å². The van der Waals surface area contributed by atoms with Crippen molar-refractivity contribution in [1.82, 2.24) is 4.90 Å². The van der Waals surface area contributed by atoms with Crippen molar-refractivity contribution in [2.45, 2.75) is 19.1 Å². The van der Waals surface area contributed by atoms with Gasteiger partial charge in [0.2, 0.25) is 0 Å². The SMILES string of the molecule is Nc1cccc(CN2CC=C(C(F)(F)F)CC2)c1. The van der Waals surface area contributed by atoms with Gasteiger partial charge in [-0.25, -0.2) is 0 Å². The van der Waals surface area contributed by atoms with Gasteiger partial charge < -0.3 is 5.73 Å². The summed E-state index contributed by atoms with van der Waals surface area (Å²) in [6.45, 7) is 1.40. The number of nitrogen functional groups attached to an aromatic ring is 1. The minimum atomic E-state index is -4.18. The van der Waals surface area contributed by atoms with Crippen LogP contribution in [0.5, 0.6) is 0 Å². The highest BCUT2D eigenvalue weighted by atomic mass is 19.4. The van der Waals surface area contributed by atoms with Crippen LogP contribution in [0.2, 0.25) is 0 Å². The van der Waals surface area contributed by atoms with Crippen LogP contribution in [0.15, 0.2) is 35.9 Å². The first-order valence-electron chi connectivity index (χ1n) is 5.78. The normalized spacial score (nSPS) is 17.6. The lowest BCUT2D eigenvalue weighted by atomic mass is 10.1. The molecule has 5 heteroatoms. The van der Waals surface area contributed by atoms with Gasteiger partial charge in [0.1, 0.15) is 0 Å². The van der Waals surface area contributed by atoms with E-state index in [1.165, 1.54) is 6.08 Å². The quantitative estimate of drug-likeness (QED) is 0.651. The minimum Gasteiger partial charge on any atom is -0.399 e. The summed E-state index contributed by atoms with van der Waals surface area (Å²) in [5.41, 5.74) is 6.96.